The Morgan fingerprint density at radius 1 is 0.939 bits per heavy atom. The Labute approximate surface area is 197 Å². The first kappa shape index (κ1) is 22.0. The van der Waals surface area contributed by atoms with E-state index in [9.17, 15) is 0 Å². The van der Waals surface area contributed by atoms with E-state index in [4.69, 9.17) is 14.7 Å². The number of hydrogen-bond donors (Lipinski definition) is 0. The van der Waals surface area contributed by atoms with Crippen LogP contribution in [0.25, 0.3) is 22.5 Å². The Hall–Kier alpha value is -2.79. The van der Waals surface area contributed by atoms with Gasteiger partial charge in [-0.15, -0.1) is 0 Å². The van der Waals surface area contributed by atoms with Gasteiger partial charge < -0.3 is 9.64 Å². The first-order valence-electron chi connectivity index (χ1n) is 12.4. The van der Waals surface area contributed by atoms with E-state index < -0.39 is 0 Å². The minimum Gasteiger partial charge on any atom is -0.497 e. The highest BCUT2D eigenvalue weighted by atomic mass is 16.5. The molecule has 172 valence electrons. The van der Waals surface area contributed by atoms with Crippen LogP contribution in [0.3, 0.4) is 0 Å². The third-order valence-electron chi connectivity index (χ3n) is 7.35. The molecule has 0 radical (unpaired) electrons. The van der Waals surface area contributed by atoms with Crippen LogP contribution >= 0.6 is 0 Å². The van der Waals surface area contributed by atoms with Crippen LogP contribution in [-0.2, 0) is 0 Å². The molecule has 0 N–H and O–H groups in total. The van der Waals surface area contributed by atoms with Gasteiger partial charge in [-0.25, -0.2) is 9.97 Å². The van der Waals surface area contributed by atoms with Gasteiger partial charge in [0, 0.05) is 42.2 Å². The van der Waals surface area contributed by atoms with Crippen molar-refractivity contribution in [3.05, 3.63) is 60.7 Å². The van der Waals surface area contributed by atoms with Gasteiger partial charge in [0.1, 0.15) is 5.75 Å². The summed E-state index contributed by atoms with van der Waals surface area (Å²) in [6.07, 6.45) is 15.0. The van der Waals surface area contributed by atoms with Crippen molar-refractivity contribution >= 4 is 0 Å². The van der Waals surface area contributed by atoms with Crippen LogP contribution in [0.15, 0.2) is 55.0 Å². The Bertz CT molecular complexity index is 1040. The fraction of sp³-hybridized carbons (Fsp3) is 0.464. The van der Waals surface area contributed by atoms with Crippen molar-refractivity contribution in [3.8, 4) is 28.3 Å². The van der Waals surface area contributed by atoms with E-state index in [1.807, 2.05) is 30.5 Å². The van der Waals surface area contributed by atoms with E-state index in [0.29, 0.717) is 5.92 Å². The van der Waals surface area contributed by atoms with Gasteiger partial charge in [-0.3, -0.25) is 4.98 Å². The molecule has 33 heavy (non-hydrogen) atoms. The fourth-order valence-corrected chi connectivity index (χ4v) is 5.48. The van der Waals surface area contributed by atoms with Crippen molar-refractivity contribution in [2.24, 2.45) is 5.92 Å². The standard InChI is InChI=1S/C28H34N4O/c1-33-25-9-5-8-24(18-25)26-19-30-28(23-10-14-29-15-11-23)31-27(26)22-12-16-32(17-13-22)20-21-6-3-2-4-7-21/h5,8-11,14-15,18-19,21-22H,2-4,6-7,12-13,16-17,20H2,1H3. The smallest absolute Gasteiger partial charge is 0.159 e. The van der Waals surface area contributed by atoms with Crippen molar-refractivity contribution in [2.45, 2.75) is 50.9 Å². The van der Waals surface area contributed by atoms with Gasteiger partial charge in [-0.05, 0) is 74.5 Å². The largest absolute Gasteiger partial charge is 0.497 e. The fourth-order valence-electron chi connectivity index (χ4n) is 5.48. The zero-order valence-corrected chi connectivity index (χ0v) is 19.6. The van der Waals surface area contributed by atoms with E-state index >= 15 is 0 Å². The number of pyridine rings is 1. The molecule has 0 bridgehead atoms. The molecule has 5 rings (SSSR count). The lowest BCUT2D eigenvalue weighted by Gasteiger charge is -2.35. The predicted octanol–water partition coefficient (Wildman–Crippen LogP) is 5.97. The normalized spacial score (nSPS) is 18.3. The lowest BCUT2D eigenvalue weighted by atomic mass is 9.86. The number of aromatic nitrogens is 3. The average molecular weight is 443 g/mol. The number of nitrogens with zero attached hydrogens (tertiary/aromatic N) is 4. The molecule has 2 aliphatic rings. The summed E-state index contributed by atoms with van der Waals surface area (Å²) in [6, 6.07) is 12.2. The quantitative estimate of drug-likeness (QED) is 0.470. The lowest BCUT2D eigenvalue weighted by Crippen LogP contribution is -2.37. The van der Waals surface area contributed by atoms with Crippen LogP contribution in [0.5, 0.6) is 5.75 Å². The molecule has 1 aliphatic carbocycles. The highest BCUT2D eigenvalue weighted by molar-refractivity contribution is 5.69. The van der Waals surface area contributed by atoms with Crippen LogP contribution in [-0.4, -0.2) is 46.6 Å². The minimum atomic E-state index is 0.442. The number of ether oxygens (including phenoxy) is 1. The molecular formula is C28H34N4O. The molecule has 1 aliphatic heterocycles. The first-order chi connectivity index (χ1) is 16.3. The van der Waals surface area contributed by atoms with Gasteiger partial charge in [0.05, 0.1) is 12.8 Å². The van der Waals surface area contributed by atoms with Crippen LogP contribution < -0.4 is 4.74 Å². The Kier molecular flexibility index (Phi) is 6.96. The van der Waals surface area contributed by atoms with Gasteiger partial charge in [0.2, 0.25) is 0 Å². The van der Waals surface area contributed by atoms with Gasteiger partial charge >= 0.3 is 0 Å². The van der Waals surface area contributed by atoms with Crippen molar-refractivity contribution in [1.29, 1.82) is 0 Å². The molecule has 0 atom stereocenters. The number of likely N-dealkylation sites (tertiary alicyclic amines) is 1. The molecule has 2 aromatic heterocycles. The van der Waals surface area contributed by atoms with Crippen molar-refractivity contribution in [1.82, 2.24) is 19.9 Å². The summed E-state index contributed by atoms with van der Waals surface area (Å²) in [5.41, 5.74) is 4.42. The third kappa shape index (κ3) is 5.25. The second-order valence-corrected chi connectivity index (χ2v) is 9.54. The summed E-state index contributed by atoms with van der Waals surface area (Å²) >= 11 is 0. The van der Waals surface area contributed by atoms with E-state index in [1.54, 1.807) is 19.5 Å². The Morgan fingerprint density at radius 2 is 1.73 bits per heavy atom. The van der Waals surface area contributed by atoms with Crippen molar-refractivity contribution in [3.63, 3.8) is 0 Å². The van der Waals surface area contributed by atoms with Gasteiger partial charge in [-0.2, -0.15) is 0 Å². The second kappa shape index (κ2) is 10.4. The zero-order chi connectivity index (χ0) is 22.5. The highest BCUT2D eigenvalue weighted by Gasteiger charge is 2.27. The van der Waals surface area contributed by atoms with E-state index in [1.165, 1.54) is 44.3 Å². The summed E-state index contributed by atoms with van der Waals surface area (Å²) in [4.78, 5) is 16.7. The van der Waals surface area contributed by atoms with Crippen molar-refractivity contribution in [2.75, 3.05) is 26.7 Å². The lowest BCUT2D eigenvalue weighted by molar-refractivity contribution is 0.163. The molecule has 2 fully saturated rings. The molecular weight excluding hydrogens is 408 g/mol. The molecule has 0 unspecified atom stereocenters. The maximum absolute atomic E-state index is 5.49. The molecule has 1 saturated heterocycles. The number of rotatable bonds is 6. The molecule has 1 saturated carbocycles. The monoisotopic (exact) mass is 442 g/mol. The second-order valence-electron chi connectivity index (χ2n) is 9.54. The van der Waals surface area contributed by atoms with E-state index in [0.717, 1.165) is 60.1 Å². The van der Waals surface area contributed by atoms with Gasteiger partial charge in [0.15, 0.2) is 5.82 Å². The zero-order valence-electron chi connectivity index (χ0n) is 19.6. The summed E-state index contributed by atoms with van der Waals surface area (Å²) in [5, 5.41) is 0. The minimum absolute atomic E-state index is 0.442. The number of methoxy groups -OCH3 is 1. The number of piperidine rings is 1. The van der Waals surface area contributed by atoms with E-state index in [-0.39, 0.29) is 0 Å². The molecule has 3 heterocycles. The Balaban J connectivity index is 1.40. The summed E-state index contributed by atoms with van der Waals surface area (Å²) < 4.78 is 5.49. The molecule has 5 heteroatoms. The average Bonchev–Trinajstić information content (AvgIpc) is 2.90. The SMILES string of the molecule is COc1cccc(-c2cnc(-c3ccncc3)nc2C2CCN(CC3CCCCC3)CC2)c1. The maximum atomic E-state index is 5.49. The Morgan fingerprint density at radius 3 is 2.48 bits per heavy atom. The third-order valence-corrected chi connectivity index (χ3v) is 7.35. The van der Waals surface area contributed by atoms with Crippen LogP contribution in [0.4, 0.5) is 0 Å². The van der Waals surface area contributed by atoms with Crippen molar-refractivity contribution < 1.29 is 4.74 Å². The highest BCUT2D eigenvalue weighted by Crippen LogP contribution is 2.36. The molecule has 3 aromatic rings. The molecule has 1 aromatic carbocycles. The molecule has 0 spiro atoms. The number of hydrogen-bond acceptors (Lipinski definition) is 5. The van der Waals surface area contributed by atoms with E-state index in [2.05, 4.69) is 22.0 Å². The molecule has 0 amide bonds. The van der Waals surface area contributed by atoms with Crippen LogP contribution in [0, 0.1) is 5.92 Å². The summed E-state index contributed by atoms with van der Waals surface area (Å²) in [5.74, 6) is 2.99. The predicted molar refractivity (Wildman–Crippen MR) is 132 cm³/mol. The summed E-state index contributed by atoms with van der Waals surface area (Å²) in [7, 11) is 1.71. The first-order valence-corrected chi connectivity index (χ1v) is 12.4. The topological polar surface area (TPSA) is 51.1 Å². The number of benzene rings is 1. The summed E-state index contributed by atoms with van der Waals surface area (Å²) in [6.45, 7) is 3.60. The van der Waals surface area contributed by atoms with Crippen LogP contribution in [0.2, 0.25) is 0 Å². The van der Waals surface area contributed by atoms with Gasteiger partial charge in [-0.1, -0.05) is 31.4 Å². The maximum Gasteiger partial charge on any atom is 0.159 e. The van der Waals surface area contributed by atoms with Gasteiger partial charge in [0.25, 0.3) is 0 Å². The van der Waals surface area contributed by atoms with Crippen LogP contribution in [0.1, 0.15) is 56.6 Å². The molecule has 5 nitrogen and oxygen atoms in total.